The summed E-state index contributed by atoms with van der Waals surface area (Å²) in [5, 5.41) is 2.98. The van der Waals surface area contributed by atoms with Gasteiger partial charge < -0.3 is 11.1 Å². The maximum atomic E-state index is 12.0. The predicted molar refractivity (Wildman–Crippen MR) is 89.6 cm³/mol. The van der Waals surface area contributed by atoms with Gasteiger partial charge in [0.2, 0.25) is 0 Å². The van der Waals surface area contributed by atoms with E-state index in [-0.39, 0.29) is 18.3 Å². The SMILES string of the molecule is Cc1cc(C)cc(NC(N)=NCCS(=O)(=O)C(C)(C)C)c1. The first kappa shape index (κ1) is 17.5. The van der Waals surface area contributed by atoms with Gasteiger partial charge in [-0.25, -0.2) is 8.42 Å². The van der Waals surface area contributed by atoms with Crippen LogP contribution in [0.15, 0.2) is 23.2 Å². The van der Waals surface area contributed by atoms with E-state index in [2.05, 4.69) is 16.4 Å². The zero-order valence-electron chi connectivity index (χ0n) is 13.4. The van der Waals surface area contributed by atoms with E-state index in [4.69, 9.17) is 5.73 Å². The summed E-state index contributed by atoms with van der Waals surface area (Å²) >= 11 is 0. The van der Waals surface area contributed by atoms with Crippen molar-refractivity contribution in [2.24, 2.45) is 10.7 Å². The molecule has 1 aromatic rings. The molecule has 0 amide bonds. The van der Waals surface area contributed by atoms with Crippen LogP contribution in [-0.2, 0) is 9.84 Å². The third-order valence-electron chi connectivity index (χ3n) is 3.07. The second-order valence-corrected chi connectivity index (χ2v) is 9.06. The molecule has 118 valence electrons. The predicted octanol–water partition coefficient (Wildman–Crippen LogP) is 2.24. The fourth-order valence-electron chi connectivity index (χ4n) is 1.83. The Hall–Kier alpha value is -1.56. The quantitative estimate of drug-likeness (QED) is 0.660. The molecule has 6 heteroatoms. The van der Waals surface area contributed by atoms with E-state index in [0.29, 0.717) is 0 Å². The second kappa shape index (κ2) is 6.47. The number of nitrogens with two attached hydrogens (primary N) is 1. The molecule has 0 aliphatic rings. The number of hydrogen-bond donors (Lipinski definition) is 2. The van der Waals surface area contributed by atoms with Crippen molar-refractivity contribution < 1.29 is 8.42 Å². The van der Waals surface area contributed by atoms with Crippen LogP contribution in [0.25, 0.3) is 0 Å². The number of sulfone groups is 1. The molecule has 0 saturated heterocycles. The number of aliphatic imine (C=N–C) groups is 1. The summed E-state index contributed by atoms with van der Waals surface area (Å²) in [6.45, 7) is 9.21. The highest BCUT2D eigenvalue weighted by atomic mass is 32.2. The highest BCUT2D eigenvalue weighted by molar-refractivity contribution is 7.92. The maximum Gasteiger partial charge on any atom is 0.193 e. The van der Waals surface area contributed by atoms with E-state index in [0.717, 1.165) is 16.8 Å². The van der Waals surface area contributed by atoms with Gasteiger partial charge in [0, 0.05) is 5.69 Å². The fraction of sp³-hybridized carbons (Fsp3) is 0.533. The van der Waals surface area contributed by atoms with E-state index < -0.39 is 14.6 Å². The zero-order valence-corrected chi connectivity index (χ0v) is 14.2. The molecule has 0 bridgehead atoms. The monoisotopic (exact) mass is 311 g/mol. The standard InChI is InChI=1S/C15H25N3O2S/c1-11-8-12(2)10-13(9-11)18-14(16)17-6-7-21(19,20)15(3,4)5/h8-10H,6-7H2,1-5H3,(H3,16,17,18). The maximum absolute atomic E-state index is 12.0. The molecule has 0 spiro atoms. The first-order valence-corrected chi connectivity index (χ1v) is 8.54. The van der Waals surface area contributed by atoms with E-state index in [9.17, 15) is 8.42 Å². The van der Waals surface area contributed by atoms with E-state index in [1.807, 2.05) is 26.0 Å². The number of guanidine groups is 1. The topological polar surface area (TPSA) is 84.5 Å². The molecule has 0 aliphatic carbocycles. The van der Waals surface area contributed by atoms with Gasteiger partial charge in [-0.1, -0.05) is 6.07 Å². The molecule has 0 aromatic heterocycles. The molecule has 0 fully saturated rings. The van der Waals surface area contributed by atoms with Crippen molar-refractivity contribution in [1.29, 1.82) is 0 Å². The highest BCUT2D eigenvalue weighted by Gasteiger charge is 2.28. The first-order valence-electron chi connectivity index (χ1n) is 6.89. The van der Waals surface area contributed by atoms with Gasteiger partial charge in [-0.3, -0.25) is 4.99 Å². The smallest absolute Gasteiger partial charge is 0.193 e. The van der Waals surface area contributed by atoms with Gasteiger partial charge in [0.1, 0.15) is 0 Å². The summed E-state index contributed by atoms with van der Waals surface area (Å²) in [7, 11) is -3.17. The Morgan fingerprint density at radius 2 is 1.71 bits per heavy atom. The Morgan fingerprint density at radius 3 is 2.19 bits per heavy atom. The van der Waals surface area contributed by atoms with Gasteiger partial charge >= 0.3 is 0 Å². The van der Waals surface area contributed by atoms with Crippen LogP contribution in [0.5, 0.6) is 0 Å². The van der Waals surface area contributed by atoms with E-state index in [1.165, 1.54) is 0 Å². The van der Waals surface area contributed by atoms with Crippen LogP contribution in [0.4, 0.5) is 5.69 Å². The molecular weight excluding hydrogens is 286 g/mol. The van der Waals surface area contributed by atoms with Crippen molar-refractivity contribution in [3.8, 4) is 0 Å². The lowest BCUT2D eigenvalue weighted by molar-refractivity contribution is 0.560. The highest BCUT2D eigenvalue weighted by Crippen LogP contribution is 2.16. The molecule has 0 radical (unpaired) electrons. The van der Waals surface area contributed by atoms with Crippen molar-refractivity contribution >= 4 is 21.5 Å². The molecule has 0 aliphatic heterocycles. The largest absolute Gasteiger partial charge is 0.370 e. The van der Waals surface area contributed by atoms with Crippen molar-refractivity contribution in [2.75, 3.05) is 17.6 Å². The van der Waals surface area contributed by atoms with E-state index >= 15 is 0 Å². The Balaban J connectivity index is 2.66. The Bertz CT molecular complexity index is 609. The molecule has 1 aromatic carbocycles. The minimum atomic E-state index is -3.17. The third kappa shape index (κ3) is 5.38. The number of aryl methyl sites for hydroxylation is 2. The summed E-state index contributed by atoms with van der Waals surface area (Å²) in [4.78, 5) is 4.08. The summed E-state index contributed by atoms with van der Waals surface area (Å²) < 4.78 is 23.1. The van der Waals surface area contributed by atoms with E-state index in [1.54, 1.807) is 20.8 Å². The van der Waals surface area contributed by atoms with Gasteiger partial charge in [-0.05, 0) is 57.9 Å². The Labute approximate surface area is 127 Å². The minimum absolute atomic E-state index is 0.00821. The Kier molecular flexibility index (Phi) is 5.39. The van der Waals surface area contributed by atoms with Crippen LogP contribution in [0.3, 0.4) is 0 Å². The normalized spacial score (nSPS) is 13.3. The molecule has 0 saturated carbocycles. The van der Waals surface area contributed by atoms with Gasteiger partial charge in [0.05, 0.1) is 17.0 Å². The van der Waals surface area contributed by atoms with Gasteiger partial charge in [0.15, 0.2) is 15.8 Å². The molecule has 0 heterocycles. The van der Waals surface area contributed by atoms with Gasteiger partial charge in [-0.15, -0.1) is 0 Å². The zero-order chi connectivity index (χ0) is 16.3. The lowest BCUT2D eigenvalue weighted by atomic mass is 10.1. The number of anilines is 1. The van der Waals surface area contributed by atoms with Crippen LogP contribution in [0, 0.1) is 13.8 Å². The van der Waals surface area contributed by atoms with Crippen molar-refractivity contribution in [3.05, 3.63) is 29.3 Å². The number of nitrogens with one attached hydrogen (secondary N) is 1. The average Bonchev–Trinajstić information content (AvgIpc) is 2.25. The third-order valence-corrected chi connectivity index (χ3v) is 5.66. The van der Waals surface area contributed by atoms with Gasteiger partial charge in [0.25, 0.3) is 0 Å². The average molecular weight is 311 g/mol. The van der Waals surface area contributed by atoms with Crippen molar-refractivity contribution in [2.45, 2.75) is 39.4 Å². The number of rotatable bonds is 4. The Morgan fingerprint density at radius 1 is 1.19 bits per heavy atom. The summed E-state index contributed by atoms with van der Waals surface area (Å²) in [5.74, 6) is 0.218. The van der Waals surface area contributed by atoms with Gasteiger partial charge in [-0.2, -0.15) is 0 Å². The fourth-order valence-corrected chi connectivity index (χ4v) is 2.77. The van der Waals surface area contributed by atoms with Crippen LogP contribution >= 0.6 is 0 Å². The summed E-state index contributed by atoms with van der Waals surface area (Å²) in [5.41, 5.74) is 8.89. The van der Waals surface area contributed by atoms with Crippen molar-refractivity contribution in [1.82, 2.24) is 0 Å². The minimum Gasteiger partial charge on any atom is -0.370 e. The number of hydrogen-bond acceptors (Lipinski definition) is 3. The molecule has 21 heavy (non-hydrogen) atoms. The molecule has 5 nitrogen and oxygen atoms in total. The van der Waals surface area contributed by atoms with Crippen LogP contribution in [0.2, 0.25) is 0 Å². The first-order chi connectivity index (χ1) is 9.51. The second-order valence-electron chi connectivity index (χ2n) is 6.20. The lowest BCUT2D eigenvalue weighted by Crippen LogP contribution is -2.32. The number of nitrogens with zero attached hydrogens (tertiary/aromatic N) is 1. The van der Waals surface area contributed by atoms with Crippen LogP contribution in [0.1, 0.15) is 31.9 Å². The summed E-state index contributed by atoms with van der Waals surface area (Å²) in [6, 6.07) is 5.98. The molecule has 3 N–H and O–H groups in total. The van der Waals surface area contributed by atoms with Crippen molar-refractivity contribution in [3.63, 3.8) is 0 Å². The molecule has 0 atom stereocenters. The lowest BCUT2D eigenvalue weighted by Gasteiger charge is -2.18. The molecule has 1 rings (SSSR count). The van der Waals surface area contributed by atoms with Crippen LogP contribution < -0.4 is 11.1 Å². The number of benzene rings is 1. The molecular formula is C15H25N3O2S. The van der Waals surface area contributed by atoms with Crippen LogP contribution in [-0.4, -0.2) is 31.4 Å². The summed E-state index contributed by atoms with van der Waals surface area (Å²) in [6.07, 6.45) is 0. The molecule has 0 unspecified atom stereocenters.